The largest absolute Gasteiger partial charge is 0.484 e. The summed E-state index contributed by atoms with van der Waals surface area (Å²) >= 11 is 0. The van der Waals surface area contributed by atoms with E-state index in [0.29, 0.717) is 17.9 Å². The monoisotopic (exact) mass is 403 g/mol. The van der Waals surface area contributed by atoms with Gasteiger partial charge in [0.2, 0.25) is 6.79 Å². The zero-order chi connectivity index (χ0) is 20.5. The molecule has 7 heteroatoms. The molecular formula is C23H21N3O4. The Balaban J connectivity index is 1.42. The Labute approximate surface area is 174 Å². The molecule has 0 fully saturated rings. The zero-order valence-corrected chi connectivity index (χ0v) is 16.5. The highest BCUT2D eigenvalue weighted by molar-refractivity contribution is 6.03. The lowest BCUT2D eigenvalue weighted by Gasteiger charge is -2.22. The van der Waals surface area contributed by atoms with E-state index in [1.165, 1.54) is 5.01 Å². The van der Waals surface area contributed by atoms with E-state index in [9.17, 15) is 4.79 Å². The van der Waals surface area contributed by atoms with Crippen molar-refractivity contribution in [3.63, 3.8) is 0 Å². The summed E-state index contributed by atoms with van der Waals surface area (Å²) in [6, 6.07) is 18.8. The number of aryl methyl sites for hydroxylation is 1. The van der Waals surface area contributed by atoms with Crippen molar-refractivity contribution < 1.29 is 19.0 Å². The molecule has 0 aliphatic carbocycles. The van der Waals surface area contributed by atoms with Crippen molar-refractivity contribution in [2.75, 3.05) is 13.4 Å². The predicted octanol–water partition coefficient (Wildman–Crippen LogP) is 3.51. The molecule has 7 nitrogen and oxygen atoms in total. The number of amides is 1. The molecule has 0 saturated heterocycles. The van der Waals surface area contributed by atoms with Gasteiger partial charge in [0.15, 0.2) is 18.1 Å². The van der Waals surface area contributed by atoms with Gasteiger partial charge in [-0.15, -0.1) is 0 Å². The van der Waals surface area contributed by atoms with Gasteiger partial charge in [-0.3, -0.25) is 4.79 Å². The SMILES string of the molecule is Cn1cccc1C1CC(c2ccc3c(c2)OCO3)=NN1C(=O)COc1ccccc1. The molecule has 0 radical (unpaired) electrons. The lowest BCUT2D eigenvalue weighted by Crippen LogP contribution is -2.32. The first kappa shape index (κ1) is 18.3. The Hall–Kier alpha value is -3.74. The van der Waals surface area contributed by atoms with Gasteiger partial charge in [0.1, 0.15) is 11.8 Å². The highest BCUT2D eigenvalue weighted by Gasteiger charge is 2.35. The number of hydrogen-bond donors (Lipinski definition) is 0. The Kier molecular flexibility index (Phi) is 4.63. The molecular weight excluding hydrogens is 382 g/mol. The van der Waals surface area contributed by atoms with Gasteiger partial charge in [-0.2, -0.15) is 5.10 Å². The second-order valence-electron chi connectivity index (χ2n) is 7.22. The Morgan fingerprint density at radius 1 is 1.10 bits per heavy atom. The van der Waals surface area contributed by atoms with Crippen molar-refractivity contribution in [3.05, 3.63) is 78.1 Å². The summed E-state index contributed by atoms with van der Waals surface area (Å²) in [7, 11) is 1.97. The van der Waals surface area contributed by atoms with E-state index in [2.05, 4.69) is 5.10 Å². The van der Waals surface area contributed by atoms with Gasteiger partial charge in [-0.25, -0.2) is 5.01 Å². The van der Waals surface area contributed by atoms with E-state index in [-0.39, 0.29) is 25.3 Å². The average Bonchev–Trinajstić information content (AvgIpc) is 3.51. The third-order valence-corrected chi connectivity index (χ3v) is 5.30. The van der Waals surface area contributed by atoms with Crippen LogP contribution in [-0.2, 0) is 11.8 Å². The molecule has 1 aromatic heterocycles. The van der Waals surface area contributed by atoms with Gasteiger partial charge in [-0.05, 0) is 42.5 Å². The van der Waals surface area contributed by atoms with E-state index in [1.54, 1.807) is 0 Å². The summed E-state index contributed by atoms with van der Waals surface area (Å²) in [5.74, 6) is 1.88. The number of ether oxygens (including phenoxy) is 3. The maximum Gasteiger partial charge on any atom is 0.281 e. The molecule has 0 spiro atoms. The standard InChI is InChI=1S/C23H21N3O4/c1-25-11-5-8-19(25)20-13-18(16-9-10-21-22(12-16)30-15-29-21)24-26(20)23(27)14-28-17-6-3-2-4-7-17/h2-12,20H,13-15H2,1H3. The van der Waals surface area contributed by atoms with Crippen LogP contribution in [0.4, 0.5) is 0 Å². The molecule has 1 unspecified atom stereocenters. The van der Waals surface area contributed by atoms with E-state index in [4.69, 9.17) is 14.2 Å². The van der Waals surface area contributed by atoms with Crippen LogP contribution >= 0.6 is 0 Å². The number of fused-ring (bicyclic) bond motifs is 1. The average molecular weight is 403 g/mol. The van der Waals surface area contributed by atoms with Crippen LogP contribution in [-0.4, -0.2) is 34.6 Å². The molecule has 0 bridgehead atoms. The smallest absolute Gasteiger partial charge is 0.281 e. The summed E-state index contributed by atoms with van der Waals surface area (Å²) in [6.45, 7) is 0.140. The molecule has 0 N–H and O–H groups in total. The Morgan fingerprint density at radius 3 is 2.73 bits per heavy atom. The van der Waals surface area contributed by atoms with Crippen molar-refractivity contribution in [2.24, 2.45) is 12.1 Å². The van der Waals surface area contributed by atoms with Crippen LogP contribution in [0.15, 0.2) is 72.0 Å². The van der Waals surface area contributed by atoms with Crippen LogP contribution in [0.1, 0.15) is 23.7 Å². The lowest BCUT2D eigenvalue weighted by molar-refractivity contribution is -0.135. The van der Waals surface area contributed by atoms with Crippen LogP contribution < -0.4 is 14.2 Å². The third kappa shape index (κ3) is 3.39. The second-order valence-corrected chi connectivity index (χ2v) is 7.22. The first-order valence-electron chi connectivity index (χ1n) is 9.78. The lowest BCUT2D eigenvalue weighted by atomic mass is 10.0. The predicted molar refractivity (Wildman–Crippen MR) is 111 cm³/mol. The number of para-hydroxylation sites is 1. The van der Waals surface area contributed by atoms with Crippen molar-refractivity contribution >= 4 is 11.6 Å². The van der Waals surface area contributed by atoms with Crippen molar-refractivity contribution in [1.82, 2.24) is 9.58 Å². The number of carbonyl (C=O) groups is 1. The fourth-order valence-electron chi connectivity index (χ4n) is 3.77. The molecule has 30 heavy (non-hydrogen) atoms. The van der Waals surface area contributed by atoms with Gasteiger partial charge >= 0.3 is 0 Å². The molecule has 3 heterocycles. The van der Waals surface area contributed by atoms with Gasteiger partial charge in [-0.1, -0.05) is 18.2 Å². The van der Waals surface area contributed by atoms with E-state index in [0.717, 1.165) is 22.7 Å². The van der Waals surface area contributed by atoms with Crippen LogP contribution in [0.3, 0.4) is 0 Å². The van der Waals surface area contributed by atoms with Crippen molar-refractivity contribution in [1.29, 1.82) is 0 Å². The number of hydrogen-bond acceptors (Lipinski definition) is 5. The molecule has 5 rings (SSSR count). The Bertz CT molecular complexity index is 1110. The highest BCUT2D eigenvalue weighted by Crippen LogP contribution is 2.37. The molecule has 2 aliphatic heterocycles. The molecule has 3 aromatic rings. The van der Waals surface area contributed by atoms with Gasteiger partial charge in [0.05, 0.1) is 5.71 Å². The minimum atomic E-state index is -0.197. The first-order chi connectivity index (χ1) is 14.7. The molecule has 0 saturated carbocycles. The zero-order valence-electron chi connectivity index (χ0n) is 16.5. The van der Waals surface area contributed by atoms with Gasteiger partial charge in [0.25, 0.3) is 5.91 Å². The molecule has 1 amide bonds. The van der Waals surface area contributed by atoms with Crippen LogP contribution in [0, 0.1) is 0 Å². The summed E-state index contributed by atoms with van der Waals surface area (Å²) < 4.78 is 18.6. The topological polar surface area (TPSA) is 65.3 Å². The molecule has 2 aromatic carbocycles. The van der Waals surface area contributed by atoms with Crippen LogP contribution in [0.2, 0.25) is 0 Å². The highest BCUT2D eigenvalue weighted by atomic mass is 16.7. The summed E-state index contributed by atoms with van der Waals surface area (Å²) in [5.41, 5.74) is 2.76. The fourth-order valence-corrected chi connectivity index (χ4v) is 3.77. The quantitative estimate of drug-likeness (QED) is 0.654. The van der Waals surface area contributed by atoms with E-state index in [1.807, 2.05) is 78.5 Å². The van der Waals surface area contributed by atoms with Crippen molar-refractivity contribution in [2.45, 2.75) is 12.5 Å². The number of aromatic nitrogens is 1. The third-order valence-electron chi connectivity index (χ3n) is 5.30. The maximum atomic E-state index is 13.0. The minimum absolute atomic E-state index is 0.0805. The van der Waals surface area contributed by atoms with E-state index >= 15 is 0 Å². The first-order valence-corrected chi connectivity index (χ1v) is 9.78. The number of rotatable bonds is 5. The van der Waals surface area contributed by atoms with Gasteiger partial charge in [0, 0.05) is 30.9 Å². The second kappa shape index (κ2) is 7.59. The number of carbonyl (C=O) groups excluding carboxylic acids is 1. The number of nitrogens with zero attached hydrogens (tertiary/aromatic N) is 3. The van der Waals surface area contributed by atoms with E-state index < -0.39 is 0 Å². The summed E-state index contributed by atoms with van der Waals surface area (Å²) in [4.78, 5) is 13.0. The molecule has 152 valence electrons. The maximum absolute atomic E-state index is 13.0. The summed E-state index contributed by atoms with van der Waals surface area (Å²) in [5, 5.41) is 6.23. The van der Waals surface area contributed by atoms with Gasteiger partial charge < -0.3 is 18.8 Å². The number of benzene rings is 2. The number of hydrazone groups is 1. The van der Waals surface area contributed by atoms with Crippen molar-refractivity contribution in [3.8, 4) is 17.2 Å². The molecule has 2 aliphatic rings. The Morgan fingerprint density at radius 2 is 1.93 bits per heavy atom. The summed E-state index contributed by atoms with van der Waals surface area (Å²) in [6.07, 6.45) is 2.58. The normalized spacial score (nSPS) is 17.2. The van der Waals surface area contributed by atoms with Crippen LogP contribution in [0.25, 0.3) is 0 Å². The minimum Gasteiger partial charge on any atom is -0.484 e. The fraction of sp³-hybridized carbons (Fsp3) is 0.217. The van der Waals surface area contributed by atoms with Crippen LogP contribution in [0.5, 0.6) is 17.2 Å². The molecule has 1 atom stereocenters.